The van der Waals surface area contributed by atoms with Crippen molar-refractivity contribution in [2.75, 3.05) is 0 Å². The summed E-state index contributed by atoms with van der Waals surface area (Å²) in [7, 11) is 0. The zero-order chi connectivity index (χ0) is 11.6. The molecule has 0 heterocycles. The smallest absolute Gasteiger partial charge is 0.0516 e. The van der Waals surface area contributed by atoms with E-state index in [-0.39, 0.29) is 11.3 Å². The van der Waals surface area contributed by atoms with Crippen LogP contribution in [0.5, 0.6) is 0 Å². The first-order chi connectivity index (χ1) is 7.68. The average molecular weight is 215 g/mol. The molecule has 0 amide bonds. The first-order valence-electron chi connectivity index (χ1n) is 5.59. The fourth-order valence-electron chi connectivity index (χ4n) is 2.59. The molecule has 0 aliphatic heterocycles. The molecule has 0 bridgehead atoms. The van der Waals surface area contributed by atoms with Gasteiger partial charge in [-0.1, -0.05) is 54.5 Å². The van der Waals surface area contributed by atoms with Gasteiger partial charge in [0.2, 0.25) is 0 Å². The van der Waals surface area contributed by atoms with Gasteiger partial charge in [-0.15, -0.1) is 5.16 Å². The van der Waals surface area contributed by atoms with Gasteiger partial charge in [-0.25, -0.2) is 0 Å². The Hall–Kier alpha value is -1.57. The van der Waals surface area contributed by atoms with Gasteiger partial charge in [0.05, 0.1) is 6.21 Å². The van der Waals surface area contributed by atoms with Crippen LogP contribution in [0.25, 0.3) is 0 Å². The van der Waals surface area contributed by atoms with Crippen LogP contribution in [0.3, 0.4) is 0 Å². The Morgan fingerprint density at radius 2 is 2.31 bits per heavy atom. The Kier molecular flexibility index (Phi) is 2.82. The largest absolute Gasteiger partial charge is 0.411 e. The molecule has 2 atom stereocenters. The summed E-state index contributed by atoms with van der Waals surface area (Å²) in [5.74, 6) is 0.132. The van der Waals surface area contributed by atoms with Crippen molar-refractivity contribution in [1.29, 1.82) is 0 Å². The van der Waals surface area contributed by atoms with Crippen LogP contribution < -0.4 is 0 Å². The third-order valence-electron chi connectivity index (χ3n) is 3.61. The van der Waals surface area contributed by atoms with Crippen molar-refractivity contribution in [2.45, 2.75) is 20.3 Å². The Morgan fingerprint density at radius 3 is 2.94 bits per heavy atom. The van der Waals surface area contributed by atoms with Crippen LogP contribution in [0.4, 0.5) is 0 Å². The summed E-state index contributed by atoms with van der Waals surface area (Å²) in [6.07, 6.45) is 15.3. The number of allylic oxidation sites excluding steroid dienone is 8. The summed E-state index contributed by atoms with van der Waals surface area (Å²) in [5, 5.41) is 11.9. The highest BCUT2D eigenvalue weighted by atomic mass is 16.4. The molecule has 2 aliphatic rings. The van der Waals surface area contributed by atoms with Crippen molar-refractivity contribution in [3.05, 3.63) is 47.6 Å². The lowest BCUT2D eigenvalue weighted by atomic mass is 9.68. The third kappa shape index (κ3) is 1.64. The third-order valence-corrected chi connectivity index (χ3v) is 3.61. The number of oxime groups is 1. The normalized spacial score (nSPS) is 33.2. The van der Waals surface area contributed by atoms with E-state index >= 15 is 0 Å². The molecular formula is C14H17NO. The summed E-state index contributed by atoms with van der Waals surface area (Å²) >= 11 is 0. The highest BCUT2D eigenvalue weighted by molar-refractivity contribution is 5.67. The molecule has 0 fully saturated rings. The fourth-order valence-corrected chi connectivity index (χ4v) is 2.59. The first-order valence-corrected chi connectivity index (χ1v) is 5.59. The van der Waals surface area contributed by atoms with Crippen LogP contribution in [-0.4, -0.2) is 11.4 Å². The summed E-state index contributed by atoms with van der Waals surface area (Å²) in [6, 6.07) is 0. The minimum absolute atomic E-state index is 0.0609. The number of hydrogen-bond acceptors (Lipinski definition) is 2. The maximum atomic E-state index is 8.74. The van der Waals surface area contributed by atoms with E-state index in [0.717, 1.165) is 6.42 Å². The van der Waals surface area contributed by atoms with Crippen LogP contribution in [-0.2, 0) is 0 Å². The van der Waals surface area contributed by atoms with E-state index in [1.165, 1.54) is 11.1 Å². The minimum atomic E-state index is -0.0609. The van der Waals surface area contributed by atoms with E-state index in [4.69, 9.17) is 5.21 Å². The molecule has 0 aromatic carbocycles. The lowest BCUT2D eigenvalue weighted by molar-refractivity contribution is 0.314. The van der Waals surface area contributed by atoms with E-state index in [2.05, 4.69) is 49.4 Å². The first kappa shape index (κ1) is 10.9. The van der Waals surface area contributed by atoms with Crippen LogP contribution in [0.15, 0.2) is 52.8 Å². The van der Waals surface area contributed by atoms with E-state index < -0.39 is 0 Å². The van der Waals surface area contributed by atoms with Crippen LogP contribution >= 0.6 is 0 Å². The van der Waals surface area contributed by atoms with Crippen molar-refractivity contribution >= 4 is 6.21 Å². The molecule has 0 radical (unpaired) electrons. The Balaban J connectivity index is 2.39. The molecule has 0 saturated heterocycles. The fraction of sp³-hybridized carbons (Fsp3) is 0.357. The minimum Gasteiger partial charge on any atom is -0.411 e. The topological polar surface area (TPSA) is 32.6 Å². The molecule has 2 aliphatic carbocycles. The van der Waals surface area contributed by atoms with E-state index in [1.807, 2.05) is 6.08 Å². The summed E-state index contributed by atoms with van der Waals surface area (Å²) in [5.41, 5.74) is 2.69. The van der Waals surface area contributed by atoms with E-state index in [1.54, 1.807) is 6.21 Å². The van der Waals surface area contributed by atoms with Gasteiger partial charge in [0.1, 0.15) is 0 Å². The van der Waals surface area contributed by atoms with Crippen molar-refractivity contribution in [3.8, 4) is 0 Å². The predicted molar refractivity (Wildman–Crippen MR) is 66.6 cm³/mol. The van der Waals surface area contributed by atoms with Gasteiger partial charge < -0.3 is 5.21 Å². The van der Waals surface area contributed by atoms with E-state index in [0.29, 0.717) is 0 Å². The molecule has 2 rings (SSSR count). The summed E-state index contributed by atoms with van der Waals surface area (Å²) in [6.45, 7) is 4.34. The maximum absolute atomic E-state index is 8.74. The quantitative estimate of drug-likeness (QED) is 0.427. The lowest BCUT2D eigenvalue weighted by Crippen LogP contribution is -2.29. The van der Waals surface area contributed by atoms with Gasteiger partial charge in [0, 0.05) is 11.3 Å². The van der Waals surface area contributed by atoms with Crippen molar-refractivity contribution < 1.29 is 5.21 Å². The van der Waals surface area contributed by atoms with Gasteiger partial charge in [-0.3, -0.25) is 0 Å². The molecule has 0 saturated carbocycles. The molecule has 1 N–H and O–H groups in total. The van der Waals surface area contributed by atoms with E-state index in [9.17, 15) is 0 Å². The van der Waals surface area contributed by atoms with Gasteiger partial charge in [-0.2, -0.15) is 0 Å². The summed E-state index contributed by atoms with van der Waals surface area (Å²) < 4.78 is 0. The molecular weight excluding hydrogens is 198 g/mol. The second-order valence-electron chi connectivity index (χ2n) is 4.59. The number of hydrogen-bond donors (Lipinski definition) is 1. The molecule has 2 heteroatoms. The van der Waals surface area contributed by atoms with Gasteiger partial charge in [0.15, 0.2) is 0 Å². The molecule has 16 heavy (non-hydrogen) atoms. The van der Waals surface area contributed by atoms with Crippen molar-refractivity contribution in [2.24, 2.45) is 16.5 Å². The zero-order valence-corrected chi connectivity index (χ0v) is 9.72. The van der Waals surface area contributed by atoms with Gasteiger partial charge >= 0.3 is 0 Å². The molecule has 84 valence electrons. The maximum Gasteiger partial charge on any atom is 0.0516 e. The van der Waals surface area contributed by atoms with Gasteiger partial charge in [0.25, 0.3) is 0 Å². The van der Waals surface area contributed by atoms with Crippen LogP contribution in [0.1, 0.15) is 20.3 Å². The zero-order valence-electron chi connectivity index (χ0n) is 9.72. The van der Waals surface area contributed by atoms with Gasteiger partial charge in [-0.05, 0) is 13.3 Å². The van der Waals surface area contributed by atoms with Crippen LogP contribution in [0, 0.1) is 11.3 Å². The Bertz CT molecular complexity index is 426. The van der Waals surface area contributed by atoms with Crippen molar-refractivity contribution in [1.82, 2.24) is 0 Å². The molecule has 2 nitrogen and oxygen atoms in total. The second kappa shape index (κ2) is 4.12. The second-order valence-corrected chi connectivity index (χ2v) is 4.59. The Morgan fingerprint density at radius 1 is 1.50 bits per heavy atom. The monoisotopic (exact) mass is 215 g/mol. The number of nitrogens with zero attached hydrogens (tertiary/aromatic N) is 1. The summed E-state index contributed by atoms with van der Waals surface area (Å²) in [4.78, 5) is 0. The molecule has 0 aromatic rings. The van der Waals surface area contributed by atoms with Crippen LogP contribution in [0.2, 0.25) is 0 Å². The molecule has 2 unspecified atom stereocenters. The highest BCUT2D eigenvalue weighted by Gasteiger charge is 2.35. The van der Waals surface area contributed by atoms with Crippen molar-refractivity contribution in [3.63, 3.8) is 0 Å². The lowest BCUT2D eigenvalue weighted by Gasteiger charge is -2.35. The molecule has 0 spiro atoms. The highest BCUT2D eigenvalue weighted by Crippen LogP contribution is 2.44. The molecule has 0 aromatic heterocycles. The average Bonchev–Trinajstić information content (AvgIpc) is 2.69. The Labute approximate surface area is 96.4 Å². The number of rotatable bonds is 2. The standard InChI is InChI=1S/C14H17NO/c1-11-6-5-8-13(11)14(2)9-4-3-7-12(14)10-15-16/h3-7,9-10,12,16H,8H2,1-2H3/b15-10+. The predicted octanol–water partition coefficient (Wildman–Crippen LogP) is 3.47. The SMILES string of the molecule is CC1=C(C2(C)C=CC=CC2/C=N/O)CC=C1.